The lowest BCUT2D eigenvalue weighted by atomic mass is 10.1. The minimum Gasteiger partial charge on any atom is -0.356 e. The smallest absolute Gasteiger partial charge is 0.251 e. The number of guanidine groups is 1. The fourth-order valence-corrected chi connectivity index (χ4v) is 2.76. The number of nitrogens with one attached hydrogen (secondary N) is 2. The molecule has 0 unspecified atom stereocenters. The maximum Gasteiger partial charge on any atom is 0.251 e. The van der Waals surface area contributed by atoms with Gasteiger partial charge < -0.3 is 15.5 Å². The van der Waals surface area contributed by atoms with Crippen LogP contribution in [0.3, 0.4) is 0 Å². The van der Waals surface area contributed by atoms with Crippen LogP contribution in [0.5, 0.6) is 0 Å². The number of hydrogen-bond donors (Lipinski definition) is 2. The van der Waals surface area contributed by atoms with Crippen LogP contribution >= 0.6 is 0 Å². The number of carbonyl (C=O) groups excluding carboxylic acids is 1. The van der Waals surface area contributed by atoms with Gasteiger partial charge in [-0.15, -0.1) is 0 Å². The summed E-state index contributed by atoms with van der Waals surface area (Å²) in [6.07, 6.45) is 0.822. The summed E-state index contributed by atoms with van der Waals surface area (Å²) in [6, 6.07) is 16.2. The lowest BCUT2D eigenvalue weighted by molar-refractivity contribution is 0.0963. The van der Waals surface area contributed by atoms with Crippen molar-refractivity contribution in [1.82, 2.24) is 15.5 Å². The van der Waals surface area contributed by atoms with Crippen molar-refractivity contribution >= 4 is 11.9 Å². The molecule has 2 N–H and O–H groups in total. The van der Waals surface area contributed by atoms with E-state index < -0.39 is 0 Å². The first-order valence-electron chi connectivity index (χ1n) is 8.82. The molecule has 5 nitrogen and oxygen atoms in total. The Morgan fingerprint density at radius 2 is 1.85 bits per heavy atom. The second-order valence-electron chi connectivity index (χ2n) is 6.35. The lowest BCUT2D eigenvalue weighted by Gasteiger charge is -2.22. The molecule has 0 aromatic heterocycles. The molecule has 0 spiro atoms. The number of aryl methyl sites for hydroxylation is 1. The first-order valence-corrected chi connectivity index (χ1v) is 8.82. The van der Waals surface area contributed by atoms with Crippen LogP contribution in [0.25, 0.3) is 0 Å². The number of amides is 1. The van der Waals surface area contributed by atoms with Gasteiger partial charge >= 0.3 is 0 Å². The lowest BCUT2D eigenvalue weighted by Crippen LogP contribution is -2.39. The monoisotopic (exact) mass is 352 g/mol. The SMILES string of the molecule is CN=C(NCCc1cccc(C(=O)NC)c1)N(C)Cc1ccc(C)cc1. The highest BCUT2D eigenvalue weighted by Crippen LogP contribution is 2.07. The first kappa shape index (κ1) is 19.5. The van der Waals surface area contributed by atoms with Gasteiger partial charge in [0.15, 0.2) is 5.96 Å². The molecule has 0 aliphatic heterocycles. The van der Waals surface area contributed by atoms with Gasteiger partial charge in [-0.25, -0.2) is 0 Å². The summed E-state index contributed by atoms with van der Waals surface area (Å²) in [5, 5.41) is 6.04. The van der Waals surface area contributed by atoms with Crippen molar-refractivity contribution in [2.75, 3.05) is 27.7 Å². The van der Waals surface area contributed by atoms with E-state index in [1.54, 1.807) is 14.1 Å². The van der Waals surface area contributed by atoms with E-state index >= 15 is 0 Å². The molecule has 5 heteroatoms. The van der Waals surface area contributed by atoms with Gasteiger partial charge in [-0.2, -0.15) is 0 Å². The van der Waals surface area contributed by atoms with Gasteiger partial charge in [-0.1, -0.05) is 42.0 Å². The maximum atomic E-state index is 11.7. The van der Waals surface area contributed by atoms with Crippen LogP contribution in [-0.2, 0) is 13.0 Å². The Morgan fingerprint density at radius 3 is 2.50 bits per heavy atom. The third kappa shape index (κ3) is 5.62. The maximum absolute atomic E-state index is 11.7. The average Bonchev–Trinajstić information content (AvgIpc) is 2.66. The molecule has 2 aromatic carbocycles. The number of carbonyl (C=O) groups is 1. The summed E-state index contributed by atoms with van der Waals surface area (Å²) in [5.74, 6) is 0.793. The highest BCUT2D eigenvalue weighted by Gasteiger charge is 2.07. The molecule has 0 fully saturated rings. The zero-order valence-electron chi connectivity index (χ0n) is 16.0. The molecule has 0 saturated heterocycles. The zero-order chi connectivity index (χ0) is 18.9. The molecule has 1 amide bonds. The summed E-state index contributed by atoms with van der Waals surface area (Å²) in [7, 11) is 5.46. The van der Waals surface area contributed by atoms with Gasteiger partial charge in [0.05, 0.1) is 0 Å². The second-order valence-corrected chi connectivity index (χ2v) is 6.35. The minimum absolute atomic E-state index is 0.0616. The topological polar surface area (TPSA) is 56.7 Å². The number of nitrogens with zero attached hydrogens (tertiary/aromatic N) is 2. The quantitative estimate of drug-likeness (QED) is 0.621. The molecular weight excluding hydrogens is 324 g/mol. The highest BCUT2D eigenvalue weighted by atomic mass is 16.1. The van der Waals surface area contributed by atoms with E-state index in [-0.39, 0.29) is 5.91 Å². The van der Waals surface area contributed by atoms with Crippen molar-refractivity contribution in [2.24, 2.45) is 4.99 Å². The second kappa shape index (κ2) is 9.61. The number of aliphatic imine (C=N–C) groups is 1. The number of benzene rings is 2. The molecule has 0 bridgehead atoms. The Labute approximate surface area is 156 Å². The van der Waals surface area contributed by atoms with Gasteiger partial charge in [0, 0.05) is 39.8 Å². The van der Waals surface area contributed by atoms with Crippen molar-refractivity contribution < 1.29 is 4.79 Å². The molecule has 0 heterocycles. The predicted octanol–water partition coefficient (Wildman–Crippen LogP) is 2.60. The molecule has 0 aliphatic rings. The van der Waals surface area contributed by atoms with Crippen LogP contribution in [0.2, 0.25) is 0 Å². The van der Waals surface area contributed by atoms with E-state index in [9.17, 15) is 4.79 Å². The Hall–Kier alpha value is -2.82. The average molecular weight is 352 g/mol. The van der Waals surface area contributed by atoms with Gasteiger partial charge in [-0.3, -0.25) is 9.79 Å². The van der Waals surface area contributed by atoms with Gasteiger partial charge in [0.1, 0.15) is 0 Å². The van der Waals surface area contributed by atoms with Gasteiger partial charge in [0.25, 0.3) is 5.91 Å². The zero-order valence-corrected chi connectivity index (χ0v) is 16.0. The van der Waals surface area contributed by atoms with Crippen LogP contribution < -0.4 is 10.6 Å². The van der Waals surface area contributed by atoms with Crippen molar-refractivity contribution in [3.8, 4) is 0 Å². The van der Waals surface area contributed by atoms with Crippen LogP contribution in [0, 0.1) is 6.92 Å². The molecule has 0 radical (unpaired) electrons. The Morgan fingerprint density at radius 1 is 1.12 bits per heavy atom. The number of rotatable bonds is 6. The van der Waals surface area contributed by atoms with Crippen LogP contribution in [0.1, 0.15) is 27.0 Å². The summed E-state index contributed by atoms with van der Waals surface area (Å²) in [6.45, 7) is 3.64. The summed E-state index contributed by atoms with van der Waals surface area (Å²) in [4.78, 5) is 18.2. The first-order chi connectivity index (χ1) is 12.5. The highest BCUT2D eigenvalue weighted by molar-refractivity contribution is 5.94. The van der Waals surface area contributed by atoms with Gasteiger partial charge in [0.2, 0.25) is 0 Å². The number of hydrogen-bond acceptors (Lipinski definition) is 2. The fourth-order valence-electron chi connectivity index (χ4n) is 2.76. The van der Waals surface area contributed by atoms with E-state index in [4.69, 9.17) is 0 Å². The Balaban J connectivity index is 1.88. The standard InChI is InChI=1S/C21H28N4O/c1-16-8-10-18(11-9-16)15-25(4)21(23-3)24-13-12-17-6-5-7-19(14-17)20(26)22-2/h5-11,14H,12-13,15H2,1-4H3,(H,22,26)(H,23,24). The van der Waals surface area contributed by atoms with Crippen LogP contribution in [0.4, 0.5) is 0 Å². The molecular formula is C21H28N4O. The van der Waals surface area contributed by atoms with E-state index in [0.717, 1.165) is 31.0 Å². The largest absolute Gasteiger partial charge is 0.356 e. The van der Waals surface area contributed by atoms with Crippen molar-refractivity contribution in [2.45, 2.75) is 19.9 Å². The normalized spacial score (nSPS) is 11.2. The fraction of sp³-hybridized carbons (Fsp3) is 0.333. The molecule has 2 rings (SSSR count). The minimum atomic E-state index is -0.0616. The molecule has 26 heavy (non-hydrogen) atoms. The Bertz CT molecular complexity index is 753. The van der Waals surface area contributed by atoms with Gasteiger partial charge in [-0.05, 0) is 36.6 Å². The third-order valence-corrected chi connectivity index (χ3v) is 4.23. The molecule has 138 valence electrons. The summed E-state index contributed by atoms with van der Waals surface area (Å²) < 4.78 is 0. The van der Waals surface area contributed by atoms with Crippen LogP contribution in [0.15, 0.2) is 53.5 Å². The van der Waals surface area contributed by atoms with Crippen molar-refractivity contribution in [3.05, 3.63) is 70.8 Å². The van der Waals surface area contributed by atoms with E-state index in [0.29, 0.717) is 5.56 Å². The van der Waals surface area contributed by atoms with Crippen molar-refractivity contribution in [3.63, 3.8) is 0 Å². The molecule has 0 saturated carbocycles. The van der Waals surface area contributed by atoms with Crippen LogP contribution in [-0.4, -0.2) is 44.5 Å². The Kier molecular flexibility index (Phi) is 7.21. The summed E-state index contributed by atoms with van der Waals surface area (Å²) >= 11 is 0. The van der Waals surface area contributed by atoms with E-state index in [2.05, 4.69) is 51.7 Å². The van der Waals surface area contributed by atoms with E-state index in [1.165, 1.54) is 11.1 Å². The third-order valence-electron chi connectivity index (χ3n) is 4.23. The molecule has 2 aromatic rings. The van der Waals surface area contributed by atoms with E-state index in [1.807, 2.05) is 31.3 Å². The predicted molar refractivity (Wildman–Crippen MR) is 108 cm³/mol. The summed E-state index contributed by atoms with van der Waals surface area (Å²) in [5.41, 5.74) is 4.32. The molecule has 0 atom stereocenters. The van der Waals surface area contributed by atoms with Crippen molar-refractivity contribution in [1.29, 1.82) is 0 Å². The molecule has 0 aliphatic carbocycles.